The van der Waals surface area contributed by atoms with Crippen molar-refractivity contribution in [3.63, 3.8) is 0 Å². The van der Waals surface area contributed by atoms with Crippen LogP contribution in [0.15, 0.2) is 24.3 Å². The van der Waals surface area contributed by atoms with Crippen LogP contribution in [-0.4, -0.2) is 25.2 Å². The second-order valence-corrected chi connectivity index (χ2v) is 6.16. The summed E-state index contributed by atoms with van der Waals surface area (Å²) in [5, 5.41) is 0. The molecule has 1 saturated heterocycles. The number of amides is 1. The molecular weight excluding hydrogens is 254 g/mol. The first-order valence-electron chi connectivity index (χ1n) is 6.94. The Hall–Kier alpha value is -1.55. The predicted octanol–water partition coefficient (Wildman–Crippen LogP) is 2.40. The van der Waals surface area contributed by atoms with Crippen LogP contribution < -0.4 is 10.5 Å². The van der Waals surface area contributed by atoms with Crippen LogP contribution in [-0.2, 0) is 14.9 Å². The van der Waals surface area contributed by atoms with Crippen LogP contribution >= 0.6 is 0 Å². The van der Waals surface area contributed by atoms with Crippen LogP contribution in [0.5, 0.6) is 5.75 Å². The summed E-state index contributed by atoms with van der Waals surface area (Å²) in [5.74, 6) is 0.528. The Morgan fingerprint density at radius 2 is 2.10 bits per heavy atom. The number of carbonyl (C=O) groups excluding carboxylic acids is 1. The molecule has 0 aromatic heterocycles. The zero-order chi connectivity index (χ0) is 14.8. The van der Waals surface area contributed by atoms with E-state index < -0.39 is 0 Å². The summed E-state index contributed by atoms with van der Waals surface area (Å²) >= 11 is 0. The average Bonchev–Trinajstić information content (AvgIpc) is 2.36. The van der Waals surface area contributed by atoms with Gasteiger partial charge < -0.3 is 15.2 Å². The van der Waals surface area contributed by atoms with Crippen molar-refractivity contribution in [3.8, 4) is 5.75 Å². The first-order valence-corrected chi connectivity index (χ1v) is 6.94. The van der Waals surface area contributed by atoms with Crippen molar-refractivity contribution in [2.75, 3.05) is 13.7 Å². The topological polar surface area (TPSA) is 61.5 Å². The number of primary amides is 1. The maximum absolute atomic E-state index is 11.6. The molecule has 4 nitrogen and oxygen atoms in total. The van der Waals surface area contributed by atoms with Gasteiger partial charge in [0.1, 0.15) is 5.75 Å². The van der Waals surface area contributed by atoms with Gasteiger partial charge in [0.25, 0.3) is 0 Å². The third-order valence-corrected chi connectivity index (χ3v) is 4.03. The molecule has 1 fully saturated rings. The van der Waals surface area contributed by atoms with Gasteiger partial charge in [-0.15, -0.1) is 0 Å². The summed E-state index contributed by atoms with van der Waals surface area (Å²) in [4.78, 5) is 11.6. The fraction of sp³-hybridized carbons (Fsp3) is 0.562. The van der Waals surface area contributed by atoms with Gasteiger partial charge in [-0.25, -0.2) is 0 Å². The minimum Gasteiger partial charge on any atom is -0.496 e. The van der Waals surface area contributed by atoms with E-state index in [1.807, 2.05) is 24.3 Å². The highest BCUT2D eigenvalue weighted by molar-refractivity contribution is 5.76. The lowest BCUT2D eigenvalue weighted by Crippen LogP contribution is -2.46. The van der Waals surface area contributed by atoms with E-state index in [0.29, 0.717) is 13.0 Å². The summed E-state index contributed by atoms with van der Waals surface area (Å²) in [7, 11) is 1.65. The Morgan fingerprint density at radius 1 is 1.40 bits per heavy atom. The van der Waals surface area contributed by atoms with Crippen molar-refractivity contribution >= 4 is 5.91 Å². The van der Waals surface area contributed by atoms with Crippen LogP contribution in [0.25, 0.3) is 0 Å². The molecule has 1 atom stereocenters. The monoisotopic (exact) mass is 277 g/mol. The number of rotatable bonds is 4. The van der Waals surface area contributed by atoms with Crippen molar-refractivity contribution in [1.29, 1.82) is 0 Å². The van der Waals surface area contributed by atoms with E-state index in [2.05, 4.69) is 13.8 Å². The largest absolute Gasteiger partial charge is 0.496 e. The molecule has 0 aliphatic carbocycles. The smallest absolute Gasteiger partial charge is 0.218 e. The Labute approximate surface area is 120 Å². The molecule has 0 unspecified atom stereocenters. The Balaban J connectivity index is 2.49. The summed E-state index contributed by atoms with van der Waals surface area (Å²) in [6.07, 6.45) is 1.85. The maximum atomic E-state index is 11.6. The van der Waals surface area contributed by atoms with Gasteiger partial charge in [0, 0.05) is 24.0 Å². The molecule has 110 valence electrons. The number of benzene rings is 1. The van der Waals surface area contributed by atoms with Crippen LogP contribution in [0.1, 0.15) is 38.7 Å². The summed E-state index contributed by atoms with van der Waals surface area (Å²) in [5.41, 5.74) is 5.98. The summed E-state index contributed by atoms with van der Waals surface area (Å²) in [6, 6.07) is 7.87. The van der Waals surface area contributed by atoms with Crippen molar-refractivity contribution in [2.24, 2.45) is 5.73 Å². The Morgan fingerprint density at radius 3 is 2.70 bits per heavy atom. The lowest BCUT2D eigenvalue weighted by atomic mass is 9.67. The molecule has 1 heterocycles. The van der Waals surface area contributed by atoms with Crippen LogP contribution in [0.3, 0.4) is 0 Å². The molecule has 1 aromatic carbocycles. The third-order valence-electron chi connectivity index (χ3n) is 4.03. The van der Waals surface area contributed by atoms with E-state index in [9.17, 15) is 4.79 Å². The molecule has 1 aliphatic heterocycles. The predicted molar refractivity (Wildman–Crippen MR) is 77.7 cm³/mol. The average molecular weight is 277 g/mol. The molecule has 2 rings (SSSR count). The molecule has 2 N–H and O–H groups in total. The normalized spacial score (nSPS) is 25.1. The first-order chi connectivity index (χ1) is 9.38. The minimum atomic E-state index is -0.305. The first kappa shape index (κ1) is 14.9. The SMILES string of the molecule is COc1ccccc1[C@@]1(CC(N)=O)CCOC(C)(C)C1. The number of hydrogen-bond acceptors (Lipinski definition) is 3. The zero-order valence-electron chi connectivity index (χ0n) is 12.4. The van der Waals surface area contributed by atoms with Gasteiger partial charge in [0.15, 0.2) is 0 Å². The lowest BCUT2D eigenvalue weighted by Gasteiger charge is -2.45. The molecule has 0 bridgehead atoms. The van der Waals surface area contributed by atoms with Gasteiger partial charge in [-0.3, -0.25) is 4.79 Å². The van der Waals surface area contributed by atoms with Crippen LogP contribution in [0, 0.1) is 0 Å². The van der Waals surface area contributed by atoms with Crippen LogP contribution in [0.4, 0.5) is 0 Å². The summed E-state index contributed by atoms with van der Waals surface area (Å²) < 4.78 is 11.3. The second kappa shape index (κ2) is 5.44. The van der Waals surface area contributed by atoms with Crippen molar-refractivity contribution < 1.29 is 14.3 Å². The van der Waals surface area contributed by atoms with E-state index >= 15 is 0 Å². The molecule has 1 aliphatic rings. The van der Waals surface area contributed by atoms with E-state index in [0.717, 1.165) is 24.2 Å². The zero-order valence-corrected chi connectivity index (χ0v) is 12.4. The van der Waals surface area contributed by atoms with Gasteiger partial charge in [-0.05, 0) is 32.8 Å². The van der Waals surface area contributed by atoms with Gasteiger partial charge in [-0.1, -0.05) is 18.2 Å². The number of methoxy groups -OCH3 is 1. The molecule has 1 aromatic rings. The standard InChI is InChI=1S/C16H23NO3/c1-15(2)11-16(8-9-20-15,10-14(17)18)12-6-4-5-7-13(12)19-3/h4-7H,8-11H2,1-3H3,(H2,17,18)/t16-/m1/s1. The molecule has 4 heteroatoms. The second-order valence-electron chi connectivity index (χ2n) is 6.16. The number of hydrogen-bond donors (Lipinski definition) is 1. The van der Waals surface area contributed by atoms with Gasteiger partial charge >= 0.3 is 0 Å². The highest BCUT2D eigenvalue weighted by atomic mass is 16.5. The molecule has 0 radical (unpaired) electrons. The Bertz CT molecular complexity index is 498. The molecule has 0 spiro atoms. The molecular formula is C16H23NO3. The van der Waals surface area contributed by atoms with E-state index in [1.165, 1.54) is 0 Å². The number of carbonyl (C=O) groups is 1. The lowest BCUT2D eigenvalue weighted by molar-refractivity contribution is -0.123. The highest BCUT2D eigenvalue weighted by Crippen LogP contribution is 2.46. The minimum absolute atomic E-state index is 0.269. The number of ether oxygens (including phenoxy) is 2. The molecule has 1 amide bonds. The highest BCUT2D eigenvalue weighted by Gasteiger charge is 2.44. The van der Waals surface area contributed by atoms with Crippen molar-refractivity contribution in [3.05, 3.63) is 29.8 Å². The van der Waals surface area contributed by atoms with E-state index in [4.69, 9.17) is 15.2 Å². The fourth-order valence-corrected chi connectivity index (χ4v) is 3.37. The Kier molecular flexibility index (Phi) is 4.04. The molecule has 20 heavy (non-hydrogen) atoms. The maximum Gasteiger partial charge on any atom is 0.218 e. The molecule has 0 saturated carbocycles. The third kappa shape index (κ3) is 2.96. The van der Waals surface area contributed by atoms with Crippen LogP contribution in [0.2, 0.25) is 0 Å². The number of para-hydroxylation sites is 1. The van der Waals surface area contributed by atoms with Crippen molar-refractivity contribution in [2.45, 2.75) is 44.1 Å². The van der Waals surface area contributed by atoms with Gasteiger partial charge in [0.05, 0.1) is 12.7 Å². The number of nitrogens with two attached hydrogens (primary N) is 1. The van der Waals surface area contributed by atoms with E-state index in [-0.39, 0.29) is 16.9 Å². The van der Waals surface area contributed by atoms with E-state index in [1.54, 1.807) is 7.11 Å². The van der Waals surface area contributed by atoms with Gasteiger partial charge in [0.2, 0.25) is 5.91 Å². The van der Waals surface area contributed by atoms with Crippen molar-refractivity contribution in [1.82, 2.24) is 0 Å². The quantitative estimate of drug-likeness (QED) is 0.919. The van der Waals surface area contributed by atoms with Gasteiger partial charge in [-0.2, -0.15) is 0 Å². The summed E-state index contributed by atoms with van der Waals surface area (Å²) in [6.45, 7) is 4.73. The fourth-order valence-electron chi connectivity index (χ4n) is 3.37.